The molecule has 0 saturated carbocycles. The number of carbonyl (C=O) groups excluding carboxylic acids is 2. The second-order valence-corrected chi connectivity index (χ2v) is 27.0. The standard InChI is InChI=1S/C81H153NO5/c1-3-5-7-9-11-13-15-17-19-20-40-43-46-49-53-57-61-65-69-73-79(84)78(77-83)82-80(85)74-70-66-62-58-54-50-47-44-41-38-36-34-32-30-28-26-24-22-21-23-25-27-29-31-33-35-37-39-42-45-48-52-56-60-64-68-72-76-87-81(86)75-71-67-63-59-55-51-18-16-14-12-10-8-6-4-2/h10,12,16,18,21,23,69,73,78-79,83-84H,3-9,11,13-15,17,19-20,22,24-68,70-72,74-77H2,1-2H3,(H,82,85)/b12-10-,18-16-,23-21-,73-69+. The molecule has 3 N–H and O–H groups in total. The molecular weight excluding hydrogens is 1070 g/mol. The van der Waals surface area contributed by atoms with Crippen LogP contribution in [-0.4, -0.2) is 47.4 Å². The number of hydrogen-bond acceptors (Lipinski definition) is 5. The van der Waals surface area contributed by atoms with Crippen molar-refractivity contribution < 1.29 is 24.5 Å². The van der Waals surface area contributed by atoms with Crippen LogP contribution < -0.4 is 5.32 Å². The Hall–Kier alpha value is -2.18. The van der Waals surface area contributed by atoms with Gasteiger partial charge in [-0.2, -0.15) is 0 Å². The third-order valence-corrected chi connectivity index (χ3v) is 18.3. The van der Waals surface area contributed by atoms with Crippen molar-refractivity contribution >= 4 is 11.9 Å². The normalized spacial score (nSPS) is 12.7. The molecule has 0 spiro atoms. The second kappa shape index (κ2) is 76.3. The number of aliphatic hydroxyl groups excluding tert-OH is 2. The molecule has 6 nitrogen and oxygen atoms in total. The first-order valence-corrected chi connectivity index (χ1v) is 39.4. The number of ether oxygens (including phenoxy) is 1. The van der Waals surface area contributed by atoms with Gasteiger partial charge in [-0.25, -0.2) is 0 Å². The van der Waals surface area contributed by atoms with Gasteiger partial charge >= 0.3 is 5.97 Å². The summed E-state index contributed by atoms with van der Waals surface area (Å²) in [6, 6.07) is -0.626. The fourth-order valence-electron chi connectivity index (χ4n) is 12.3. The van der Waals surface area contributed by atoms with Crippen molar-refractivity contribution in [3.63, 3.8) is 0 Å². The number of amides is 1. The lowest BCUT2D eigenvalue weighted by Crippen LogP contribution is -2.45. The monoisotopic (exact) mass is 1220 g/mol. The quantitative estimate of drug-likeness (QED) is 0.0320. The molecule has 0 radical (unpaired) electrons. The van der Waals surface area contributed by atoms with Gasteiger partial charge in [-0.1, -0.05) is 383 Å². The molecule has 512 valence electrons. The lowest BCUT2D eigenvalue weighted by molar-refractivity contribution is -0.143. The number of esters is 1. The summed E-state index contributed by atoms with van der Waals surface area (Å²) >= 11 is 0. The number of nitrogens with one attached hydrogen (secondary N) is 1. The van der Waals surface area contributed by atoms with Crippen LogP contribution in [0.25, 0.3) is 0 Å². The Morgan fingerprint density at radius 2 is 0.586 bits per heavy atom. The molecule has 2 atom stereocenters. The van der Waals surface area contributed by atoms with E-state index in [1.165, 1.54) is 353 Å². The fraction of sp³-hybridized carbons (Fsp3) is 0.877. The number of carbonyl (C=O) groups is 2. The van der Waals surface area contributed by atoms with Gasteiger partial charge in [-0.05, 0) is 83.5 Å². The minimum absolute atomic E-state index is 0.00684. The maximum atomic E-state index is 12.5. The number of hydrogen-bond donors (Lipinski definition) is 3. The van der Waals surface area contributed by atoms with Gasteiger partial charge in [0.15, 0.2) is 0 Å². The minimum Gasteiger partial charge on any atom is -0.466 e. The third-order valence-electron chi connectivity index (χ3n) is 18.3. The molecule has 0 aliphatic rings. The van der Waals surface area contributed by atoms with Gasteiger partial charge in [0, 0.05) is 12.8 Å². The lowest BCUT2D eigenvalue weighted by Gasteiger charge is -2.20. The summed E-state index contributed by atoms with van der Waals surface area (Å²) in [6.07, 6.45) is 101. The van der Waals surface area contributed by atoms with E-state index < -0.39 is 12.1 Å². The summed E-state index contributed by atoms with van der Waals surface area (Å²) in [5.41, 5.74) is 0. The summed E-state index contributed by atoms with van der Waals surface area (Å²) < 4.78 is 5.49. The van der Waals surface area contributed by atoms with Crippen LogP contribution in [0.15, 0.2) is 48.6 Å². The zero-order chi connectivity index (χ0) is 62.8. The first-order chi connectivity index (χ1) is 43.0. The van der Waals surface area contributed by atoms with Crippen LogP contribution in [-0.2, 0) is 14.3 Å². The topological polar surface area (TPSA) is 95.9 Å². The average Bonchev–Trinajstić information content (AvgIpc) is 3.54. The van der Waals surface area contributed by atoms with E-state index in [0.717, 1.165) is 51.4 Å². The van der Waals surface area contributed by atoms with Gasteiger partial charge in [-0.15, -0.1) is 0 Å². The Bertz CT molecular complexity index is 1450. The van der Waals surface area contributed by atoms with E-state index in [0.29, 0.717) is 19.4 Å². The zero-order valence-corrected chi connectivity index (χ0v) is 58.8. The first-order valence-electron chi connectivity index (χ1n) is 39.4. The highest BCUT2D eigenvalue weighted by Crippen LogP contribution is 2.19. The van der Waals surface area contributed by atoms with Gasteiger partial charge in [0.2, 0.25) is 5.91 Å². The zero-order valence-electron chi connectivity index (χ0n) is 58.8. The highest BCUT2D eigenvalue weighted by Gasteiger charge is 2.18. The van der Waals surface area contributed by atoms with Crippen molar-refractivity contribution in [2.45, 2.75) is 443 Å². The highest BCUT2D eigenvalue weighted by molar-refractivity contribution is 5.76. The summed E-state index contributed by atoms with van der Waals surface area (Å²) in [5, 5.41) is 23.3. The molecule has 0 aliphatic carbocycles. The molecule has 0 aliphatic heterocycles. The predicted octanol–water partition coefficient (Wildman–Crippen LogP) is 26.0. The van der Waals surface area contributed by atoms with Crippen LogP contribution in [0.1, 0.15) is 431 Å². The molecular formula is C81H153NO5. The van der Waals surface area contributed by atoms with E-state index in [1.54, 1.807) is 6.08 Å². The van der Waals surface area contributed by atoms with E-state index in [9.17, 15) is 19.8 Å². The predicted molar refractivity (Wildman–Crippen MR) is 384 cm³/mol. The molecule has 0 aromatic heterocycles. The second-order valence-electron chi connectivity index (χ2n) is 27.0. The van der Waals surface area contributed by atoms with Gasteiger partial charge in [0.1, 0.15) is 0 Å². The maximum Gasteiger partial charge on any atom is 0.305 e. The largest absolute Gasteiger partial charge is 0.466 e. The van der Waals surface area contributed by atoms with E-state index in [4.69, 9.17) is 4.74 Å². The van der Waals surface area contributed by atoms with Crippen molar-refractivity contribution in [3.8, 4) is 0 Å². The van der Waals surface area contributed by atoms with Crippen molar-refractivity contribution in [1.29, 1.82) is 0 Å². The van der Waals surface area contributed by atoms with Crippen molar-refractivity contribution in [3.05, 3.63) is 48.6 Å². The molecule has 0 aromatic rings. The summed E-state index contributed by atoms with van der Waals surface area (Å²) in [6.45, 7) is 4.90. The summed E-state index contributed by atoms with van der Waals surface area (Å²) in [7, 11) is 0. The lowest BCUT2D eigenvalue weighted by atomic mass is 10.0. The summed E-state index contributed by atoms with van der Waals surface area (Å²) in [4.78, 5) is 24.6. The molecule has 6 heteroatoms. The van der Waals surface area contributed by atoms with Crippen LogP contribution in [0.3, 0.4) is 0 Å². The Labute approximate surface area is 544 Å². The minimum atomic E-state index is -0.843. The maximum absolute atomic E-state index is 12.5. The number of unbranched alkanes of at least 4 members (excludes halogenated alkanes) is 57. The Balaban J connectivity index is 3.36. The Morgan fingerprint density at radius 3 is 0.920 bits per heavy atom. The van der Waals surface area contributed by atoms with Crippen LogP contribution in [0.5, 0.6) is 0 Å². The van der Waals surface area contributed by atoms with E-state index >= 15 is 0 Å². The van der Waals surface area contributed by atoms with Gasteiger partial charge in [0.25, 0.3) is 0 Å². The Morgan fingerprint density at radius 1 is 0.322 bits per heavy atom. The SMILES string of the molecule is CCCC/C=C\C/C=C\CCCCCCCC(=O)OCCCCCCCCCCCCCCCCCC/C=C\CCCCCCCCCCCCCCCCCCCC(=O)NC(CO)C(O)/C=C/CCCCCCCCCCCCCCCCCCC. The fourth-order valence-corrected chi connectivity index (χ4v) is 12.3. The average molecular weight is 1220 g/mol. The van der Waals surface area contributed by atoms with Crippen molar-refractivity contribution in [2.75, 3.05) is 13.2 Å². The van der Waals surface area contributed by atoms with Gasteiger partial charge in [-0.3, -0.25) is 9.59 Å². The van der Waals surface area contributed by atoms with E-state index in [-0.39, 0.29) is 18.5 Å². The van der Waals surface area contributed by atoms with Gasteiger partial charge in [0.05, 0.1) is 25.4 Å². The molecule has 0 aromatic carbocycles. The van der Waals surface area contributed by atoms with Crippen LogP contribution in [0.4, 0.5) is 0 Å². The van der Waals surface area contributed by atoms with Crippen LogP contribution in [0.2, 0.25) is 0 Å². The van der Waals surface area contributed by atoms with Gasteiger partial charge < -0.3 is 20.3 Å². The molecule has 2 unspecified atom stereocenters. The number of aliphatic hydroxyl groups is 2. The molecule has 87 heavy (non-hydrogen) atoms. The first kappa shape index (κ1) is 84.8. The van der Waals surface area contributed by atoms with E-state index in [1.807, 2.05) is 6.08 Å². The molecule has 0 bridgehead atoms. The Kier molecular flexibility index (Phi) is 74.4. The van der Waals surface area contributed by atoms with Crippen molar-refractivity contribution in [2.24, 2.45) is 0 Å². The molecule has 0 saturated heterocycles. The molecule has 0 fully saturated rings. The molecule has 0 rings (SSSR count). The summed E-state index contributed by atoms with van der Waals surface area (Å²) in [5.74, 6) is -0.0535. The van der Waals surface area contributed by atoms with Crippen molar-refractivity contribution in [1.82, 2.24) is 5.32 Å². The third kappa shape index (κ3) is 72.8. The smallest absolute Gasteiger partial charge is 0.305 e. The highest BCUT2D eigenvalue weighted by atomic mass is 16.5. The van der Waals surface area contributed by atoms with Crippen LogP contribution in [0, 0.1) is 0 Å². The molecule has 0 heterocycles. The number of allylic oxidation sites excluding steroid dienone is 7. The van der Waals surface area contributed by atoms with Crippen LogP contribution >= 0.6 is 0 Å². The van der Waals surface area contributed by atoms with E-state index in [2.05, 4.69) is 55.6 Å². The molecule has 1 amide bonds. The number of rotatable bonds is 74.